The molecule has 0 aliphatic carbocycles. The Bertz CT molecular complexity index is 1240. The van der Waals surface area contributed by atoms with Gasteiger partial charge in [-0.1, -0.05) is 30.8 Å². The number of nitrogens with zero attached hydrogens (tertiary/aromatic N) is 2. The third-order valence-electron chi connectivity index (χ3n) is 4.52. The molecule has 1 N–H and O–H groups in total. The molecule has 176 valence electrons. The maximum Gasteiger partial charge on any atom is 0.418 e. The number of nitrogens with one attached hydrogen (secondary N) is 1. The van der Waals surface area contributed by atoms with Gasteiger partial charge in [0.15, 0.2) is 5.16 Å². The second-order valence-corrected chi connectivity index (χ2v) is 7.86. The molecule has 0 fully saturated rings. The number of hydrogen-bond acceptors (Lipinski definition) is 4. The predicted molar refractivity (Wildman–Crippen MR) is 111 cm³/mol. The number of para-hydroxylation sites is 1. The van der Waals surface area contributed by atoms with E-state index in [4.69, 9.17) is 0 Å². The van der Waals surface area contributed by atoms with Crippen molar-refractivity contribution in [2.24, 2.45) is 0 Å². The molecule has 0 atom stereocenters. The van der Waals surface area contributed by atoms with Gasteiger partial charge in [0.25, 0.3) is 5.56 Å². The number of halogens is 6. The topological polar surface area (TPSA) is 64.0 Å². The van der Waals surface area contributed by atoms with Crippen LogP contribution in [-0.4, -0.2) is 27.8 Å². The highest BCUT2D eigenvalue weighted by atomic mass is 32.2. The van der Waals surface area contributed by atoms with Gasteiger partial charge < -0.3 is 5.32 Å². The van der Waals surface area contributed by atoms with E-state index < -0.39 is 40.6 Å². The number of aromatic nitrogens is 2. The van der Waals surface area contributed by atoms with E-state index in [1.165, 1.54) is 18.2 Å². The lowest BCUT2D eigenvalue weighted by molar-refractivity contribution is -0.141. The molecule has 0 saturated carbocycles. The summed E-state index contributed by atoms with van der Waals surface area (Å²) in [7, 11) is 0. The Morgan fingerprint density at radius 2 is 1.76 bits per heavy atom. The van der Waals surface area contributed by atoms with Crippen LogP contribution in [0.3, 0.4) is 0 Å². The number of thioether (sulfide) groups is 1. The lowest BCUT2D eigenvalue weighted by Gasteiger charge is -2.19. The molecule has 0 radical (unpaired) electrons. The van der Waals surface area contributed by atoms with Crippen molar-refractivity contribution in [2.75, 3.05) is 12.3 Å². The van der Waals surface area contributed by atoms with Crippen molar-refractivity contribution in [1.29, 1.82) is 0 Å². The van der Waals surface area contributed by atoms with Gasteiger partial charge in [-0.15, -0.1) is 0 Å². The normalized spacial score (nSPS) is 12.2. The van der Waals surface area contributed by atoms with Crippen molar-refractivity contribution in [3.8, 4) is 5.69 Å². The molecule has 0 aliphatic heterocycles. The average Bonchev–Trinajstić information content (AvgIpc) is 2.74. The van der Waals surface area contributed by atoms with E-state index in [-0.39, 0.29) is 33.9 Å². The van der Waals surface area contributed by atoms with Crippen molar-refractivity contribution in [1.82, 2.24) is 14.9 Å². The second-order valence-electron chi connectivity index (χ2n) is 6.92. The lowest BCUT2D eigenvalue weighted by Crippen LogP contribution is -2.28. The minimum Gasteiger partial charge on any atom is -0.355 e. The summed E-state index contributed by atoms with van der Waals surface area (Å²) < 4.78 is 81.5. The number of amides is 1. The summed E-state index contributed by atoms with van der Waals surface area (Å²) in [4.78, 5) is 29.4. The van der Waals surface area contributed by atoms with E-state index in [0.717, 1.165) is 0 Å². The van der Waals surface area contributed by atoms with Gasteiger partial charge in [-0.3, -0.25) is 14.2 Å². The summed E-state index contributed by atoms with van der Waals surface area (Å²) in [6.07, 6.45) is -9.35. The summed E-state index contributed by atoms with van der Waals surface area (Å²) in [5.41, 5.74) is -4.66. The molecule has 0 bridgehead atoms. The van der Waals surface area contributed by atoms with Crippen molar-refractivity contribution in [2.45, 2.75) is 30.9 Å². The summed E-state index contributed by atoms with van der Waals surface area (Å²) in [6, 6.07) is 6.61. The fraction of sp³-hybridized carbons (Fsp3) is 0.286. The highest BCUT2D eigenvalue weighted by molar-refractivity contribution is 7.99. The molecular weight excluding hydrogens is 472 g/mol. The van der Waals surface area contributed by atoms with Crippen LogP contribution in [0.2, 0.25) is 0 Å². The van der Waals surface area contributed by atoms with Crippen molar-refractivity contribution < 1.29 is 31.1 Å². The third-order valence-corrected chi connectivity index (χ3v) is 5.46. The SMILES string of the molecule is CCCNC(=O)CSc1nc2ccccc2c(=O)n1-c1cc(C(F)(F)F)ccc1C(F)(F)F. The van der Waals surface area contributed by atoms with E-state index >= 15 is 0 Å². The molecule has 0 aliphatic rings. The van der Waals surface area contributed by atoms with Crippen LogP contribution in [0, 0.1) is 0 Å². The molecule has 1 heterocycles. The Labute approximate surface area is 187 Å². The summed E-state index contributed by atoms with van der Waals surface area (Å²) in [6.45, 7) is 2.19. The molecule has 0 saturated heterocycles. The fourth-order valence-electron chi connectivity index (χ4n) is 3.00. The minimum atomic E-state index is -5.05. The van der Waals surface area contributed by atoms with Crippen molar-refractivity contribution in [3.05, 3.63) is 63.9 Å². The molecule has 5 nitrogen and oxygen atoms in total. The maximum atomic E-state index is 13.7. The fourth-order valence-corrected chi connectivity index (χ4v) is 3.84. The van der Waals surface area contributed by atoms with Crippen LogP contribution in [-0.2, 0) is 17.1 Å². The van der Waals surface area contributed by atoms with E-state index in [1.807, 2.05) is 6.92 Å². The molecule has 1 amide bonds. The van der Waals surface area contributed by atoms with Gasteiger partial charge in [0.1, 0.15) is 0 Å². The molecule has 12 heteroatoms. The second kappa shape index (κ2) is 9.46. The van der Waals surface area contributed by atoms with E-state index in [1.54, 1.807) is 6.07 Å². The largest absolute Gasteiger partial charge is 0.418 e. The number of alkyl halides is 6. The zero-order valence-electron chi connectivity index (χ0n) is 17.0. The molecular formula is C21H17F6N3O2S. The van der Waals surface area contributed by atoms with Gasteiger partial charge in [-0.25, -0.2) is 4.98 Å². The molecule has 33 heavy (non-hydrogen) atoms. The first-order valence-corrected chi connectivity index (χ1v) is 10.6. The van der Waals surface area contributed by atoms with Gasteiger partial charge >= 0.3 is 12.4 Å². The van der Waals surface area contributed by atoms with E-state index in [2.05, 4.69) is 10.3 Å². The number of carbonyl (C=O) groups is 1. The number of benzene rings is 2. The van der Waals surface area contributed by atoms with Crippen LogP contribution in [0.4, 0.5) is 26.3 Å². The zero-order valence-corrected chi connectivity index (χ0v) is 17.9. The number of carbonyl (C=O) groups excluding carboxylic acids is 1. The van der Waals surface area contributed by atoms with Crippen LogP contribution in [0.25, 0.3) is 16.6 Å². The maximum absolute atomic E-state index is 13.7. The first kappa shape index (κ1) is 24.6. The Kier molecular flexibility index (Phi) is 7.06. The lowest BCUT2D eigenvalue weighted by atomic mass is 10.1. The van der Waals surface area contributed by atoms with E-state index in [0.29, 0.717) is 35.4 Å². The van der Waals surface area contributed by atoms with Gasteiger partial charge in [-0.2, -0.15) is 26.3 Å². The molecule has 3 rings (SSSR count). The van der Waals surface area contributed by atoms with Crippen molar-refractivity contribution >= 4 is 28.6 Å². The average molecular weight is 489 g/mol. The Hall–Kier alpha value is -3.02. The number of fused-ring (bicyclic) bond motifs is 1. The smallest absolute Gasteiger partial charge is 0.355 e. The predicted octanol–water partition coefficient (Wildman–Crippen LogP) is 5.04. The van der Waals surface area contributed by atoms with Crippen LogP contribution in [0.15, 0.2) is 52.4 Å². The van der Waals surface area contributed by atoms with Gasteiger partial charge in [0.2, 0.25) is 5.91 Å². The summed E-state index contributed by atoms with van der Waals surface area (Å²) in [5.74, 6) is -0.763. The van der Waals surface area contributed by atoms with Gasteiger partial charge in [0.05, 0.1) is 33.5 Å². The standard InChI is InChI=1S/C21H17F6N3O2S/c1-2-9-28-17(31)11-33-19-29-15-6-4-3-5-13(15)18(32)30(19)16-10-12(20(22,23)24)7-8-14(16)21(25,26)27/h3-8,10H,2,9,11H2,1H3,(H,28,31). The molecule has 1 aromatic heterocycles. The van der Waals surface area contributed by atoms with Crippen LogP contribution in [0.1, 0.15) is 24.5 Å². The van der Waals surface area contributed by atoms with Crippen molar-refractivity contribution in [3.63, 3.8) is 0 Å². The van der Waals surface area contributed by atoms with E-state index in [9.17, 15) is 35.9 Å². The Morgan fingerprint density at radius 1 is 1.06 bits per heavy atom. The molecule has 3 aromatic rings. The molecule has 2 aromatic carbocycles. The highest BCUT2D eigenvalue weighted by Crippen LogP contribution is 2.38. The number of rotatable bonds is 6. The zero-order chi connectivity index (χ0) is 24.4. The van der Waals surface area contributed by atoms with Crippen LogP contribution < -0.4 is 10.9 Å². The minimum absolute atomic E-state index is 0.0807. The first-order chi connectivity index (χ1) is 15.4. The Balaban J connectivity index is 2.27. The summed E-state index contributed by atoms with van der Waals surface area (Å²) >= 11 is 0.653. The highest BCUT2D eigenvalue weighted by Gasteiger charge is 2.38. The first-order valence-electron chi connectivity index (χ1n) is 9.63. The third kappa shape index (κ3) is 5.49. The monoisotopic (exact) mass is 489 g/mol. The quantitative estimate of drug-likeness (QED) is 0.299. The van der Waals surface area contributed by atoms with Crippen LogP contribution >= 0.6 is 11.8 Å². The Morgan fingerprint density at radius 3 is 2.39 bits per heavy atom. The van der Waals surface area contributed by atoms with Gasteiger partial charge in [-0.05, 0) is 36.8 Å². The van der Waals surface area contributed by atoms with Gasteiger partial charge in [0, 0.05) is 6.54 Å². The molecule has 0 unspecified atom stereocenters. The number of hydrogen-bond donors (Lipinski definition) is 1. The van der Waals surface area contributed by atoms with Crippen LogP contribution in [0.5, 0.6) is 0 Å². The summed E-state index contributed by atoms with van der Waals surface area (Å²) in [5, 5.41) is 2.16. The molecule has 0 spiro atoms.